The van der Waals surface area contributed by atoms with Crippen LogP contribution in [-0.2, 0) is 0 Å². The molecule has 0 bridgehead atoms. The number of halogens is 2. The molecule has 1 aliphatic rings. The SMILES string of the molecule is Cc1nc(C)c(OC2CCNCC2)nc1Nc1cc(OC(F)F)[nH]n1. The summed E-state index contributed by atoms with van der Waals surface area (Å²) in [5.74, 6) is 1.07. The molecule has 1 saturated heterocycles. The number of nitrogens with one attached hydrogen (secondary N) is 3. The molecule has 0 spiro atoms. The Morgan fingerprint density at radius 3 is 2.68 bits per heavy atom. The first-order valence-electron chi connectivity index (χ1n) is 8.01. The highest BCUT2D eigenvalue weighted by molar-refractivity contribution is 5.55. The van der Waals surface area contributed by atoms with E-state index < -0.39 is 6.61 Å². The van der Waals surface area contributed by atoms with Crippen LogP contribution in [0, 0.1) is 13.8 Å². The number of alkyl halides is 2. The molecule has 0 unspecified atom stereocenters. The zero-order valence-corrected chi connectivity index (χ0v) is 14.0. The van der Waals surface area contributed by atoms with Crippen LogP contribution in [-0.4, -0.2) is 46.0 Å². The maximum atomic E-state index is 12.2. The first-order chi connectivity index (χ1) is 12.0. The fourth-order valence-electron chi connectivity index (χ4n) is 2.56. The number of ether oxygens (including phenoxy) is 2. The Labute approximate surface area is 143 Å². The fourth-order valence-corrected chi connectivity index (χ4v) is 2.56. The maximum absolute atomic E-state index is 12.2. The predicted octanol–water partition coefficient (Wildman–Crippen LogP) is 2.29. The minimum Gasteiger partial charge on any atom is -0.473 e. The lowest BCUT2D eigenvalue weighted by Gasteiger charge is -2.24. The topological polar surface area (TPSA) is 97.0 Å². The third-order valence-electron chi connectivity index (χ3n) is 3.78. The van der Waals surface area contributed by atoms with Crippen molar-refractivity contribution in [1.29, 1.82) is 0 Å². The molecule has 0 amide bonds. The van der Waals surface area contributed by atoms with Gasteiger partial charge in [-0.1, -0.05) is 0 Å². The van der Waals surface area contributed by atoms with Gasteiger partial charge in [0.15, 0.2) is 11.6 Å². The van der Waals surface area contributed by atoms with Crippen molar-refractivity contribution < 1.29 is 18.3 Å². The van der Waals surface area contributed by atoms with Gasteiger partial charge in [-0.25, -0.2) is 10.1 Å². The highest BCUT2D eigenvalue weighted by atomic mass is 19.3. The Balaban J connectivity index is 1.74. The molecule has 2 aromatic rings. The second-order valence-corrected chi connectivity index (χ2v) is 5.74. The van der Waals surface area contributed by atoms with Crippen LogP contribution < -0.4 is 20.1 Å². The molecule has 25 heavy (non-hydrogen) atoms. The van der Waals surface area contributed by atoms with E-state index in [0.717, 1.165) is 25.9 Å². The summed E-state index contributed by atoms with van der Waals surface area (Å²) in [6, 6.07) is 1.32. The van der Waals surface area contributed by atoms with Crippen molar-refractivity contribution in [2.45, 2.75) is 39.4 Å². The van der Waals surface area contributed by atoms with E-state index in [4.69, 9.17) is 4.74 Å². The third kappa shape index (κ3) is 4.53. The molecule has 3 N–H and O–H groups in total. The summed E-state index contributed by atoms with van der Waals surface area (Å²) in [6.07, 6.45) is 1.91. The number of hydrogen-bond donors (Lipinski definition) is 3. The fraction of sp³-hybridized carbons (Fsp3) is 0.533. The van der Waals surface area contributed by atoms with Crippen molar-refractivity contribution in [2.75, 3.05) is 18.4 Å². The van der Waals surface area contributed by atoms with E-state index in [-0.39, 0.29) is 12.0 Å². The van der Waals surface area contributed by atoms with Crippen LogP contribution in [0.15, 0.2) is 6.07 Å². The molecular weight excluding hydrogens is 334 g/mol. The minimum absolute atomic E-state index is 0.0984. The molecule has 3 rings (SSSR count). The Hall–Kier alpha value is -2.49. The van der Waals surface area contributed by atoms with Crippen LogP contribution in [0.3, 0.4) is 0 Å². The molecule has 1 fully saturated rings. The molecule has 0 aliphatic carbocycles. The van der Waals surface area contributed by atoms with Gasteiger partial charge in [0.05, 0.1) is 11.4 Å². The average Bonchev–Trinajstić information content (AvgIpc) is 2.99. The van der Waals surface area contributed by atoms with Gasteiger partial charge in [-0.3, -0.25) is 0 Å². The third-order valence-corrected chi connectivity index (χ3v) is 3.78. The molecule has 0 aromatic carbocycles. The largest absolute Gasteiger partial charge is 0.473 e. The van der Waals surface area contributed by atoms with E-state index in [0.29, 0.717) is 28.9 Å². The minimum atomic E-state index is -2.92. The van der Waals surface area contributed by atoms with Gasteiger partial charge in [0.1, 0.15) is 6.10 Å². The number of aromatic amines is 1. The highest BCUT2D eigenvalue weighted by Crippen LogP contribution is 2.25. The summed E-state index contributed by atoms with van der Waals surface area (Å²) in [5, 5.41) is 12.4. The molecule has 2 aromatic heterocycles. The van der Waals surface area contributed by atoms with Crippen molar-refractivity contribution in [3.8, 4) is 11.8 Å². The maximum Gasteiger partial charge on any atom is 0.388 e. The smallest absolute Gasteiger partial charge is 0.388 e. The number of piperidine rings is 1. The van der Waals surface area contributed by atoms with Gasteiger partial charge < -0.3 is 20.1 Å². The van der Waals surface area contributed by atoms with Crippen molar-refractivity contribution in [2.24, 2.45) is 0 Å². The van der Waals surface area contributed by atoms with E-state index in [1.54, 1.807) is 6.92 Å². The lowest BCUT2D eigenvalue weighted by molar-refractivity contribution is -0.0528. The summed E-state index contributed by atoms with van der Waals surface area (Å²) >= 11 is 0. The van der Waals surface area contributed by atoms with E-state index in [2.05, 4.69) is 35.5 Å². The second kappa shape index (κ2) is 7.60. The Kier molecular flexibility index (Phi) is 5.27. The van der Waals surface area contributed by atoms with Crippen LogP contribution in [0.5, 0.6) is 11.8 Å². The van der Waals surface area contributed by atoms with Gasteiger partial charge in [-0.15, -0.1) is 0 Å². The molecule has 0 radical (unpaired) electrons. The molecule has 8 nitrogen and oxygen atoms in total. The average molecular weight is 354 g/mol. The molecule has 3 heterocycles. The van der Waals surface area contributed by atoms with Crippen LogP contribution in [0.4, 0.5) is 20.4 Å². The van der Waals surface area contributed by atoms with Crippen LogP contribution in [0.1, 0.15) is 24.2 Å². The lowest BCUT2D eigenvalue weighted by atomic mass is 10.1. The molecule has 0 atom stereocenters. The van der Waals surface area contributed by atoms with Gasteiger partial charge in [0.2, 0.25) is 11.8 Å². The summed E-state index contributed by atoms with van der Waals surface area (Å²) in [7, 11) is 0. The number of nitrogens with zero attached hydrogens (tertiary/aromatic N) is 3. The predicted molar refractivity (Wildman–Crippen MR) is 86.5 cm³/mol. The molecule has 10 heteroatoms. The number of aromatic nitrogens is 4. The van der Waals surface area contributed by atoms with Crippen LogP contribution in [0.2, 0.25) is 0 Å². The number of rotatable bonds is 6. The Morgan fingerprint density at radius 1 is 1.20 bits per heavy atom. The van der Waals surface area contributed by atoms with Crippen molar-refractivity contribution in [1.82, 2.24) is 25.5 Å². The quantitative estimate of drug-likeness (QED) is 0.732. The number of hydrogen-bond acceptors (Lipinski definition) is 7. The monoisotopic (exact) mass is 354 g/mol. The zero-order valence-electron chi connectivity index (χ0n) is 14.0. The normalized spacial score (nSPS) is 15.4. The Bertz CT molecular complexity index is 718. The second-order valence-electron chi connectivity index (χ2n) is 5.74. The van der Waals surface area contributed by atoms with Gasteiger partial charge >= 0.3 is 6.61 Å². The molecular formula is C15H20F2N6O2. The lowest BCUT2D eigenvalue weighted by Crippen LogP contribution is -2.34. The molecule has 1 aliphatic heterocycles. The van der Waals surface area contributed by atoms with Crippen LogP contribution in [0.25, 0.3) is 0 Å². The first kappa shape index (κ1) is 17.3. The highest BCUT2D eigenvalue weighted by Gasteiger charge is 2.18. The van der Waals surface area contributed by atoms with Gasteiger partial charge in [-0.05, 0) is 39.8 Å². The van der Waals surface area contributed by atoms with E-state index in [1.807, 2.05) is 6.92 Å². The standard InChI is InChI=1S/C15H20F2N6O2/c1-8-13(20-11-7-12(23-22-11)25-15(16)17)21-14(9(2)19-8)24-10-3-5-18-6-4-10/h7,10,15,18H,3-6H2,1-2H3,(H2,20,21,22,23). The van der Waals surface area contributed by atoms with Gasteiger partial charge in [0, 0.05) is 6.07 Å². The summed E-state index contributed by atoms with van der Waals surface area (Å²) in [5.41, 5.74) is 1.35. The summed E-state index contributed by atoms with van der Waals surface area (Å²) in [4.78, 5) is 8.91. The number of H-pyrrole nitrogens is 1. The zero-order chi connectivity index (χ0) is 17.8. The van der Waals surface area contributed by atoms with Crippen molar-refractivity contribution in [3.63, 3.8) is 0 Å². The van der Waals surface area contributed by atoms with E-state index >= 15 is 0 Å². The van der Waals surface area contributed by atoms with Crippen molar-refractivity contribution in [3.05, 3.63) is 17.5 Å². The summed E-state index contributed by atoms with van der Waals surface area (Å²) < 4.78 is 34.6. The van der Waals surface area contributed by atoms with Crippen LogP contribution >= 0.6 is 0 Å². The van der Waals surface area contributed by atoms with Crippen molar-refractivity contribution >= 4 is 11.6 Å². The number of aryl methyl sites for hydroxylation is 2. The first-order valence-corrected chi connectivity index (χ1v) is 8.01. The summed E-state index contributed by atoms with van der Waals surface area (Å²) in [6.45, 7) is 2.53. The van der Waals surface area contributed by atoms with E-state index in [9.17, 15) is 8.78 Å². The molecule has 136 valence electrons. The van der Waals surface area contributed by atoms with E-state index in [1.165, 1.54) is 6.07 Å². The van der Waals surface area contributed by atoms with Gasteiger partial charge in [-0.2, -0.15) is 18.9 Å². The number of anilines is 2. The van der Waals surface area contributed by atoms with Gasteiger partial charge in [0.25, 0.3) is 0 Å². The Morgan fingerprint density at radius 2 is 1.96 bits per heavy atom. The molecule has 0 saturated carbocycles.